The van der Waals surface area contributed by atoms with Crippen molar-refractivity contribution in [1.82, 2.24) is 15.2 Å². The Morgan fingerprint density at radius 2 is 2.20 bits per heavy atom. The molecule has 35 heavy (non-hydrogen) atoms. The zero-order valence-corrected chi connectivity index (χ0v) is 21.7. The van der Waals surface area contributed by atoms with E-state index in [1.807, 2.05) is 18.4 Å². The fourth-order valence-corrected chi connectivity index (χ4v) is 7.44. The predicted molar refractivity (Wildman–Crippen MR) is 138 cm³/mol. The molecule has 0 saturated carbocycles. The van der Waals surface area contributed by atoms with Crippen molar-refractivity contribution < 1.29 is 9.59 Å². The van der Waals surface area contributed by atoms with Crippen LogP contribution in [0.3, 0.4) is 0 Å². The van der Waals surface area contributed by atoms with E-state index in [2.05, 4.69) is 26.6 Å². The number of anilines is 2. The third-order valence-corrected chi connectivity index (χ3v) is 9.48. The molecule has 0 aromatic carbocycles. The number of Topliss-reactive ketones (excluding diaryl/α,β-unsaturated/α-hetero) is 1. The van der Waals surface area contributed by atoms with Crippen molar-refractivity contribution in [3.63, 3.8) is 0 Å². The van der Waals surface area contributed by atoms with Crippen LogP contribution in [0.5, 0.6) is 0 Å². The van der Waals surface area contributed by atoms with E-state index in [0.29, 0.717) is 45.0 Å². The number of thiophene rings is 1. The second kappa shape index (κ2) is 9.90. The monoisotopic (exact) mass is 541 g/mol. The van der Waals surface area contributed by atoms with E-state index in [9.17, 15) is 14.9 Å². The highest BCUT2D eigenvalue weighted by atomic mass is 32.2. The van der Waals surface area contributed by atoms with Gasteiger partial charge in [0, 0.05) is 34.1 Å². The topological polar surface area (TPSA) is 138 Å². The molecule has 1 aliphatic carbocycles. The van der Waals surface area contributed by atoms with Crippen molar-refractivity contribution in [3.8, 4) is 6.07 Å². The minimum absolute atomic E-state index is 0.0345. The van der Waals surface area contributed by atoms with Gasteiger partial charge in [-0.2, -0.15) is 5.26 Å². The molecule has 9 nitrogen and oxygen atoms in total. The second-order valence-corrected chi connectivity index (χ2v) is 11.8. The summed E-state index contributed by atoms with van der Waals surface area (Å²) in [5, 5.41) is 26.1. The maximum atomic E-state index is 13.2. The quantitative estimate of drug-likeness (QED) is 0.435. The first-order chi connectivity index (χ1) is 17.0. The summed E-state index contributed by atoms with van der Waals surface area (Å²) in [6.07, 6.45) is 3.42. The number of nitrogens with one attached hydrogen (secondary N) is 1. The molecule has 0 fully saturated rings. The zero-order chi connectivity index (χ0) is 24.5. The molecule has 1 aliphatic heterocycles. The van der Waals surface area contributed by atoms with Crippen LogP contribution in [0.2, 0.25) is 0 Å². The van der Waals surface area contributed by atoms with Crippen LogP contribution in [0.15, 0.2) is 50.0 Å². The maximum Gasteiger partial charge on any atom is 0.236 e. The van der Waals surface area contributed by atoms with E-state index in [1.54, 1.807) is 16.5 Å². The normalized spacial score (nSPS) is 18.0. The Morgan fingerprint density at radius 1 is 1.34 bits per heavy atom. The Morgan fingerprint density at radius 3 is 2.91 bits per heavy atom. The molecule has 178 valence electrons. The van der Waals surface area contributed by atoms with Gasteiger partial charge in [0.05, 0.1) is 23.3 Å². The zero-order valence-electron chi connectivity index (χ0n) is 18.5. The molecule has 0 saturated heterocycles. The lowest BCUT2D eigenvalue weighted by molar-refractivity contribution is -0.116. The predicted octanol–water partition coefficient (Wildman–Crippen LogP) is 4.40. The summed E-state index contributed by atoms with van der Waals surface area (Å²) in [5.41, 5.74) is 9.36. The van der Waals surface area contributed by atoms with Gasteiger partial charge >= 0.3 is 0 Å². The van der Waals surface area contributed by atoms with Crippen molar-refractivity contribution in [1.29, 1.82) is 5.26 Å². The molecule has 3 N–H and O–H groups in total. The summed E-state index contributed by atoms with van der Waals surface area (Å²) in [7, 11) is 0. The van der Waals surface area contributed by atoms with Gasteiger partial charge in [0.15, 0.2) is 15.3 Å². The summed E-state index contributed by atoms with van der Waals surface area (Å²) in [5.74, 6) is -0.201. The first-order valence-electron chi connectivity index (χ1n) is 10.6. The number of rotatable bonds is 6. The number of carbonyl (C=O) groups is 2. The average Bonchev–Trinajstić information content (AvgIpc) is 3.60. The van der Waals surface area contributed by atoms with Crippen LogP contribution in [0, 0.1) is 18.3 Å². The van der Waals surface area contributed by atoms with Crippen molar-refractivity contribution in [2.24, 2.45) is 5.73 Å². The van der Waals surface area contributed by atoms with Gasteiger partial charge in [-0.1, -0.05) is 23.1 Å². The minimum atomic E-state index is -0.463. The Hall–Kier alpha value is -3.05. The first-order valence-corrected chi connectivity index (χ1v) is 14.2. The minimum Gasteiger partial charge on any atom is -0.384 e. The van der Waals surface area contributed by atoms with E-state index in [4.69, 9.17) is 5.73 Å². The molecule has 3 aromatic heterocycles. The molecule has 1 atom stereocenters. The van der Waals surface area contributed by atoms with E-state index in [0.717, 1.165) is 16.1 Å². The van der Waals surface area contributed by atoms with E-state index in [-0.39, 0.29) is 23.3 Å². The largest absolute Gasteiger partial charge is 0.384 e. The van der Waals surface area contributed by atoms with Crippen LogP contribution in [0.4, 0.5) is 10.3 Å². The van der Waals surface area contributed by atoms with Gasteiger partial charge in [-0.05, 0) is 36.8 Å². The molecule has 0 spiro atoms. The van der Waals surface area contributed by atoms with Gasteiger partial charge in [-0.15, -0.1) is 32.9 Å². The Balaban J connectivity index is 1.45. The van der Waals surface area contributed by atoms with E-state index < -0.39 is 5.92 Å². The number of carbonyl (C=O) groups excluding carboxylic acids is 2. The van der Waals surface area contributed by atoms with Crippen molar-refractivity contribution in [2.45, 2.75) is 36.4 Å². The number of hydrogen-bond acceptors (Lipinski definition) is 12. The lowest BCUT2D eigenvalue weighted by atomic mass is 9.78. The number of thioether (sulfide) groups is 1. The van der Waals surface area contributed by atoms with Crippen LogP contribution in [0.25, 0.3) is 0 Å². The number of nitrogens with two attached hydrogens (primary N) is 1. The SMILES string of the molecule is Cc1ccsc1C1C(C#N)=C(N)N(c2nnc(SCC(=O)Nc3nccs3)s2)C2=C1C(=O)CCC2. The number of ketones is 1. The van der Waals surface area contributed by atoms with Crippen LogP contribution >= 0.6 is 45.8 Å². The number of allylic oxidation sites excluding steroid dienone is 3. The van der Waals surface area contributed by atoms with Gasteiger partial charge in [0.25, 0.3) is 0 Å². The Bertz CT molecular complexity index is 1400. The van der Waals surface area contributed by atoms with Crippen molar-refractivity contribution in [3.05, 3.63) is 56.1 Å². The molecule has 0 radical (unpaired) electrons. The number of thiazole rings is 1. The Labute approximate surface area is 217 Å². The van der Waals surface area contributed by atoms with Gasteiger partial charge in [-0.3, -0.25) is 14.5 Å². The number of amides is 1. The molecule has 1 unspecified atom stereocenters. The van der Waals surface area contributed by atoms with Crippen molar-refractivity contribution in [2.75, 3.05) is 16.0 Å². The molecular weight excluding hydrogens is 523 g/mol. The van der Waals surface area contributed by atoms with Crippen molar-refractivity contribution >= 4 is 67.7 Å². The molecule has 5 rings (SSSR count). The number of aromatic nitrogens is 3. The number of hydrogen-bond donors (Lipinski definition) is 2. The lowest BCUT2D eigenvalue weighted by Gasteiger charge is -2.37. The second-order valence-electron chi connectivity index (χ2n) is 7.81. The summed E-state index contributed by atoms with van der Waals surface area (Å²) in [6, 6.07) is 4.26. The van der Waals surface area contributed by atoms with E-state index >= 15 is 0 Å². The van der Waals surface area contributed by atoms with Crippen LogP contribution in [0.1, 0.15) is 35.6 Å². The third-order valence-electron chi connectivity index (χ3n) is 5.67. The maximum absolute atomic E-state index is 13.2. The van der Waals surface area contributed by atoms with Crippen LogP contribution < -0.4 is 16.0 Å². The van der Waals surface area contributed by atoms with Crippen LogP contribution in [-0.2, 0) is 9.59 Å². The molecule has 2 aliphatic rings. The number of nitriles is 1. The van der Waals surface area contributed by atoms with Gasteiger partial charge in [-0.25, -0.2) is 4.98 Å². The first kappa shape index (κ1) is 23.7. The van der Waals surface area contributed by atoms with Gasteiger partial charge in [0.2, 0.25) is 11.0 Å². The highest BCUT2D eigenvalue weighted by Crippen LogP contribution is 2.48. The molecule has 13 heteroatoms. The molecule has 3 aromatic rings. The number of nitrogens with zero attached hydrogens (tertiary/aromatic N) is 5. The summed E-state index contributed by atoms with van der Waals surface area (Å²) in [6.45, 7) is 1.98. The Kier molecular flexibility index (Phi) is 6.70. The van der Waals surface area contributed by atoms with Gasteiger partial charge < -0.3 is 11.1 Å². The summed E-state index contributed by atoms with van der Waals surface area (Å²) >= 11 is 5.40. The summed E-state index contributed by atoms with van der Waals surface area (Å²) < 4.78 is 0.584. The van der Waals surface area contributed by atoms with Crippen LogP contribution in [-0.4, -0.2) is 32.6 Å². The molecule has 1 amide bonds. The van der Waals surface area contributed by atoms with E-state index in [1.165, 1.54) is 45.8 Å². The standard InChI is InChI=1S/C22H19N7O2S4/c1-11-5-7-32-18(11)16-12(9-23)19(24)29(13-3-2-4-14(30)17(13)16)21-27-28-22(35-21)34-10-15(31)26-20-25-6-8-33-20/h5-8,16H,2-4,10,24H2,1H3,(H,25,26,31). The average molecular weight is 542 g/mol. The van der Waals surface area contributed by atoms with Gasteiger partial charge in [0.1, 0.15) is 5.82 Å². The summed E-state index contributed by atoms with van der Waals surface area (Å²) in [4.78, 5) is 32.1. The smallest absolute Gasteiger partial charge is 0.236 e. The highest BCUT2D eigenvalue weighted by Gasteiger charge is 2.42. The fourth-order valence-electron chi connectivity index (χ4n) is 4.17. The fraction of sp³-hybridized carbons (Fsp3) is 0.273. The molecular formula is C22H19N7O2S4. The molecule has 0 bridgehead atoms. The highest BCUT2D eigenvalue weighted by molar-refractivity contribution is 8.01. The molecule has 4 heterocycles. The lowest BCUT2D eigenvalue weighted by Crippen LogP contribution is -2.38. The number of aryl methyl sites for hydroxylation is 1. The third kappa shape index (κ3) is 4.50.